The number of para-hydroxylation sites is 1. The van der Waals surface area contributed by atoms with Crippen LogP contribution in [0.4, 0.5) is 0 Å². The second-order valence-electron chi connectivity index (χ2n) is 7.87. The molecule has 4 aromatic rings. The first-order chi connectivity index (χ1) is 14.5. The van der Waals surface area contributed by atoms with Gasteiger partial charge in [-0.25, -0.2) is 9.36 Å². The Balaban J connectivity index is 1.77. The average Bonchev–Trinajstić information content (AvgIpc) is 3.10. The highest BCUT2D eigenvalue weighted by Gasteiger charge is 2.34. The molecule has 0 fully saturated rings. The van der Waals surface area contributed by atoms with Crippen LogP contribution in [0, 0.1) is 13.8 Å². The highest BCUT2D eigenvalue weighted by atomic mass is 16.3. The van der Waals surface area contributed by atoms with E-state index in [1.54, 1.807) is 6.07 Å². The predicted molar refractivity (Wildman–Crippen MR) is 114 cm³/mol. The van der Waals surface area contributed by atoms with Crippen LogP contribution in [0.15, 0.2) is 52.1 Å². The molecule has 7 heteroatoms. The lowest BCUT2D eigenvalue weighted by Crippen LogP contribution is -2.87. The lowest BCUT2D eigenvalue weighted by molar-refractivity contribution is -0.690. The van der Waals surface area contributed by atoms with Gasteiger partial charge in [-0.15, -0.1) is 0 Å². The predicted octanol–water partition coefficient (Wildman–Crippen LogP) is 1.54. The van der Waals surface area contributed by atoms with Crippen LogP contribution in [-0.4, -0.2) is 26.2 Å². The molecule has 0 saturated carbocycles. The number of hydrogen-bond donors (Lipinski definition) is 4. The van der Waals surface area contributed by atoms with Crippen LogP contribution in [-0.2, 0) is 6.42 Å². The highest BCUT2D eigenvalue weighted by Crippen LogP contribution is 2.32. The first kappa shape index (κ1) is 18.4. The molecule has 30 heavy (non-hydrogen) atoms. The Kier molecular flexibility index (Phi) is 4.15. The van der Waals surface area contributed by atoms with Crippen molar-refractivity contribution in [2.75, 3.05) is 6.54 Å². The zero-order chi connectivity index (χ0) is 21.0. The summed E-state index contributed by atoms with van der Waals surface area (Å²) < 4.78 is 1.20. The Hall–Kier alpha value is -3.58. The second-order valence-corrected chi connectivity index (χ2v) is 7.87. The molecule has 0 radical (unpaired) electrons. The fraction of sp³-hybridized carbons (Fsp3) is 0.217. The number of quaternary nitrogens is 1. The van der Waals surface area contributed by atoms with Gasteiger partial charge >= 0.3 is 5.69 Å². The van der Waals surface area contributed by atoms with E-state index < -0.39 is 17.3 Å². The number of aromatic amines is 2. The van der Waals surface area contributed by atoms with Crippen molar-refractivity contribution >= 4 is 10.9 Å². The zero-order valence-corrected chi connectivity index (χ0v) is 16.8. The van der Waals surface area contributed by atoms with E-state index in [4.69, 9.17) is 0 Å². The maximum absolute atomic E-state index is 12.9. The molecule has 0 aliphatic carbocycles. The van der Waals surface area contributed by atoms with Crippen molar-refractivity contribution in [3.8, 4) is 11.6 Å². The van der Waals surface area contributed by atoms with Gasteiger partial charge < -0.3 is 15.4 Å². The van der Waals surface area contributed by atoms with Crippen LogP contribution in [0.1, 0.15) is 34.0 Å². The van der Waals surface area contributed by atoms with Crippen LogP contribution < -0.4 is 16.6 Å². The van der Waals surface area contributed by atoms with Gasteiger partial charge in [0, 0.05) is 17.3 Å². The number of aryl methyl sites for hydroxylation is 1. The van der Waals surface area contributed by atoms with Gasteiger partial charge in [0.25, 0.3) is 5.56 Å². The number of aromatic hydroxyl groups is 1. The van der Waals surface area contributed by atoms with Crippen LogP contribution in [0.25, 0.3) is 16.6 Å². The van der Waals surface area contributed by atoms with E-state index in [0.29, 0.717) is 5.69 Å². The van der Waals surface area contributed by atoms with Gasteiger partial charge in [-0.3, -0.25) is 9.78 Å². The van der Waals surface area contributed by atoms with Crippen molar-refractivity contribution in [3.05, 3.63) is 91.3 Å². The number of benzene rings is 2. The smallest absolute Gasteiger partial charge is 0.335 e. The molecule has 152 valence electrons. The summed E-state index contributed by atoms with van der Waals surface area (Å²) in [6.45, 7) is 4.62. The minimum absolute atomic E-state index is 0.183. The topological polar surface area (TPSA) is 107 Å². The molecule has 2 aromatic carbocycles. The molecule has 0 amide bonds. The van der Waals surface area contributed by atoms with E-state index in [0.717, 1.165) is 46.3 Å². The third-order valence-corrected chi connectivity index (χ3v) is 6.20. The zero-order valence-electron chi connectivity index (χ0n) is 16.8. The van der Waals surface area contributed by atoms with Gasteiger partial charge in [-0.2, -0.15) is 0 Å². The molecular formula is C23H23N4O3+. The number of nitrogens with one attached hydrogen (secondary N) is 2. The molecule has 1 aliphatic rings. The fourth-order valence-electron chi connectivity index (χ4n) is 4.55. The number of nitrogens with two attached hydrogens (primary N) is 1. The fourth-order valence-corrected chi connectivity index (χ4v) is 4.55. The third-order valence-electron chi connectivity index (χ3n) is 6.20. The molecule has 1 aliphatic heterocycles. The van der Waals surface area contributed by atoms with Gasteiger partial charge in [-0.05, 0) is 42.7 Å². The van der Waals surface area contributed by atoms with Gasteiger partial charge in [0.05, 0.1) is 17.9 Å². The normalized spacial score (nSPS) is 16.0. The summed E-state index contributed by atoms with van der Waals surface area (Å²) in [7, 11) is 0. The molecule has 7 nitrogen and oxygen atoms in total. The number of H-pyrrole nitrogens is 2. The van der Waals surface area contributed by atoms with Crippen molar-refractivity contribution in [1.29, 1.82) is 0 Å². The summed E-state index contributed by atoms with van der Waals surface area (Å²) in [5.74, 6) is -0.315. The van der Waals surface area contributed by atoms with Crippen LogP contribution in [0.3, 0.4) is 0 Å². The van der Waals surface area contributed by atoms with Crippen molar-refractivity contribution < 1.29 is 10.4 Å². The summed E-state index contributed by atoms with van der Waals surface area (Å²) in [6, 6.07) is 13.1. The number of fused-ring (bicyclic) bond motifs is 3. The summed E-state index contributed by atoms with van der Waals surface area (Å²) in [6.07, 6.45) is 0.866. The van der Waals surface area contributed by atoms with Gasteiger partial charge in [0.2, 0.25) is 5.88 Å². The Morgan fingerprint density at radius 1 is 1.07 bits per heavy atom. The first-order valence-electron chi connectivity index (χ1n) is 10.0. The molecule has 2 aromatic heterocycles. The van der Waals surface area contributed by atoms with Crippen LogP contribution in [0.2, 0.25) is 0 Å². The van der Waals surface area contributed by atoms with Crippen LogP contribution in [0.5, 0.6) is 5.88 Å². The molecule has 5 N–H and O–H groups in total. The quantitative estimate of drug-likeness (QED) is 0.408. The second kappa shape index (κ2) is 6.74. The highest BCUT2D eigenvalue weighted by molar-refractivity contribution is 5.85. The average molecular weight is 403 g/mol. The number of aromatic nitrogens is 3. The first-order valence-corrected chi connectivity index (χ1v) is 10.0. The van der Waals surface area contributed by atoms with Crippen molar-refractivity contribution in [2.24, 2.45) is 0 Å². The Morgan fingerprint density at radius 2 is 1.87 bits per heavy atom. The SMILES string of the molecule is Cc1cccc(-n2c(O)c([C@@H]3[NH2+]CCc4c3[nH]c3ccccc43)c(=O)[nH]c2=O)c1C. The lowest BCUT2D eigenvalue weighted by atomic mass is 9.95. The number of nitrogens with zero attached hydrogens (tertiary/aromatic N) is 1. The van der Waals surface area contributed by atoms with Crippen molar-refractivity contribution in [1.82, 2.24) is 14.5 Å². The Bertz CT molecular complexity index is 1410. The standard InChI is InChI=1S/C23H22N4O3/c1-12-6-5-9-17(13(12)2)27-22(29)18(21(28)26-23(27)30)20-19-15(10-11-24-20)14-7-3-4-8-16(14)25-19/h3-9,20,24-25,29H,10-11H2,1-2H3,(H,26,28,30)/p+1/t20-/m0/s1. The van der Waals surface area contributed by atoms with Gasteiger partial charge in [-0.1, -0.05) is 30.3 Å². The third kappa shape index (κ3) is 2.63. The lowest BCUT2D eigenvalue weighted by Gasteiger charge is -2.22. The molecule has 1 atom stereocenters. The minimum atomic E-state index is -0.650. The van der Waals surface area contributed by atoms with Gasteiger partial charge in [0.1, 0.15) is 5.56 Å². The van der Waals surface area contributed by atoms with E-state index in [-0.39, 0.29) is 11.4 Å². The van der Waals surface area contributed by atoms with E-state index in [2.05, 4.69) is 16.0 Å². The van der Waals surface area contributed by atoms with E-state index >= 15 is 0 Å². The molecule has 3 heterocycles. The molecule has 0 spiro atoms. The monoisotopic (exact) mass is 403 g/mol. The number of hydrogen-bond acceptors (Lipinski definition) is 3. The molecule has 0 saturated heterocycles. The Morgan fingerprint density at radius 3 is 2.70 bits per heavy atom. The largest absolute Gasteiger partial charge is 0.494 e. The van der Waals surface area contributed by atoms with E-state index in [1.807, 2.05) is 49.5 Å². The summed E-state index contributed by atoms with van der Waals surface area (Å²) in [4.78, 5) is 31.4. The van der Waals surface area contributed by atoms with E-state index in [9.17, 15) is 14.7 Å². The minimum Gasteiger partial charge on any atom is -0.494 e. The van der Waals surface area contributed by atoms with Gasteiger partial charge in [0.15, 0.2) is 6.04 Å². The molecule has 0 bridgehead atoms. The summed E-state index contributed by atoms with van der Waals surface area (Å²) >= 11 is 0. The number of rotatable bonds is 2. The molecule has 0 unspecified atom stereocenters. The van der Waals surface area contributed by atoms with Crippen LogP contribution >= 0.6 is 0 Å². The summed E-state index contributed by atoms with van der Waals surface area (Å²) in [5, 5.41) is 14.3. The maximum Gasteiger partial charge on any atom is 0.335 e. The van der Waals surface area contributed by atoms with Crippen molar-refractivity contribution in [2.45, 2.75) is 26.3 Å². The molecular weight excluding hydrogens is 380 g/mol. The Labute approximate surface area is 172 Å². The van der Waals surface area contributed by atoms with E-state index in [1.165, 1.54) is 4.57 Å². The van der Waals surface area contributed by atoms with Crippen molar-refractivity contribution in [3.63, 3.8) is 0 Å². The molecule has 5 rings (SSSR count). The maximum atomic E-state index is 12.9. The summed E-state index contributed by atoms with van der Waals surface area (Å²) in [5.41, 5.74) is 4.44.